The lowest BCUT2D eigenvalue weighted by Crippen LogP contribution is -2.32. The number of carbonyl (C=O) groups is 1. The highest BCUT2D eigenvalue weighted by molar-refractivity contribution is 5.96. The van der Waals surface area contributed by atoms with Gasteiger partial charge in [-0.15, -0.1) is 0 Å². The Bertz CT molecular complexity index is 231. The number of rotatable bonds is 1. The summed E-state index contributed by atoms with van der Waals surface area (Å²) in [6.45, 7) is 6.75. The van der Waals surface area contributed by atoms with E-state index in [1.807, 2.05) is 18.7 Å². The van der Waals surface area contributed by atoms with Crippen molar-refractivity contribution in [1.29, 1.82) is 0 Å². The SMILES string of the molecule is CC(C)C(=O)C#CN1CCOCC1. The quantitative estimate of drug-likeness (QED) is 0.552. The maximum atomic E-state index is 11.2. The molecule has 0 aromatic carbocycles. The Balaban J connectivity index is 2.40. The second-order valence-electron chi connectivity index (χ2n) is 3.36. The monoisotopic (exact) mass is 181 g/mol. The predicted molar refractivity (Wildman–Crippen MR) is 50.0 cm³/mol. The molecule has 0 amide bonds. The largest absolute Gasteiger partial charge is 0.378 e. The first-order chi connectivity index (χ1) is 6.20. The first-order valence-electron chi connectivity index (χ1n) is 4.58. The van der Waals surface area contributed by atoms with E-state index in [1.165, 1.54) is 0 Å². The van der Waals surface area contributed by atoms with Gasteiger partial charge in [-0.3, -0.25) is 4.79 Å². The molecule has 0 spiro atoms. The molecule has 0 aromatic rings. The Kier molecular flexibility index (Phi) is 3.78. The first-order valence-corrected chi connectivity index (χ1v) is 4.58. The fourth-order valence-corrected chi connectivity index (χ4v) is 0.954. The molecule has 72 valence electrons. The van der Waals surface area contributed by atoms with Crippen LogP contribution in [0.4, 0.5) is 0 Å². The molecular formula is C10H15NO2. The molecule has 1 saturated heterocycles. The van der Waals surface area contributed by atoms with Crippen LogP contribution in [0.5, 0.6) is 0 Å². The van der Waals surface area contributed by atoms with E-state index >= 15 is 0 Å². The van der Waals surface area contributed by atoms with E-state index < -0.39 is 0 Å². The number of nitrogens with zero attached hydrogens (tertiary/aromatic N) is 1. The van der Waals surface area contributed by atoms with Gasteiger partial charge in [0.2, 0.25) is 5.78 Å². The summed E-state index contributed by atoms with van der Waals surface area (Å²) in [5, 5.41) is 0. The van der Waals surface area contributed by atoms with Gasteiger partial charge in [-0.05, 0) is 5.92 Å². The summed E-state index contributed by atoms with van der Waals surface area (Å²) in [4.78, 5) is 13.1. The van der Waals surface area contributed by atoms with E-state index in [2.05, 4.69) is 12.0 Å². The third kappa shape index (κ3) is 3.47. The molecule has 0 bridgehead atoms. The summed E-state index contributed by atoms with van der Waals surface area (Å²) in [6, 6.07) is 2.86. The number of carbonyl (C=O) groups excluding carboxylic acids is 1. The zero-order valence-electron chi connectivity index (χ0n) is 8.17. The van der Waals surface area contributed by atoms with Crippen LogP contribution in [-0.2, 0) is 9.53 Å². The second-order valence-corrected chi connectivity index (χ2v) is 3.36. The Morgan fingerprint density at radius 1 is 1.38 bits per heavy atom. The number of Topliss-reactive ketones (excluding diaryl/α,β-unsaturated/α-hetero) is 1. The Morgan fingerprint density at radius 3 is 2.54 bits per heavy atom. The van der Waals surface area contributed by atoms with E-state index in [0.29, 0.717) is 13.2 Å². The summed E-state index contributed by atoms with van der Waals surface area (Å²) in [6.07, 6.45) is 0. The minimum Gasteiger partial charge on any atom is -0.378 e. The first kappa shape index (κ1) is 10.1. The van der Waals surface area contributed by atoms with Gasteiger partial charge in [0, 0.05) is 25.1 Å². The number of hydrogen-bond donors (Lipinski definition) is 0. The molecule has 0 aromatic heterocycles. The average molecular weight is 181 g/mol. The molecule has 0 atom stereocenters. The van der Waals surface area contributed by atoms with Crippen LogP contribution in [-0.4, -0.2) is 37.0 Å². The normalized spacial score (nSPS) is 16.7. The molecule has 0 aliphatic carbocycles. The van der Waals surface area contributed by atoms with Crippen molar-refractivity contribution < 1.29 is 9.53 Å². The summed E-state index contributed by atoms with van der Waals surface area (Å²) < 4.78 is 5.16. The minimum atomic E-state index is 0.00601. The molecule has 1 heterocycles. The maximum Gasteiger partial charge on any atom is 0.209 e. The van der Waals surface area contributed by atoms with Crippen molar-refractivity contribution in [2.75, 3.05) is 26.3 Å². The van der Waals surface area contributed by atoms with Crippen molar-refractivity contribution in [2.45, 2.75) is 13.8 Å². The fraction of sp³-hybridized carbons (Fsp3) is 0.700. The maximum absolute atomic E-state index is 11.2. The molecule has 3 nitrogen and oxygen atoms in total. The topological polar surface area (TPSA) is 29.5 Å². The molecule has 0 radical (unpaired) electrons. The van der Waals surface area contributed by atoms with Gasteiger partial charge in [0.1, 0.15) is 0 Å². The predicted octanol–water partition coefficient (Wildman–Crippen LogP) is 0.505. The van der Waals surface area contributed by atoms with Gasteiger partial charge in [0.15, 0.2) is 0 Å². The molecule has 3 heteroatoms. The second kappa shape index (κ2) is 4.88. The highest BCUT2D eigenvalue weighted by atomic mass is 16.5. The average Bonchev–Trinajstić information content (AvgIpc) is 2.15. The Hall–Kier alpha value is -1.01. The molecule has 0 N–H and O–H groups in total. The van der Waals surface area contributed by atoms with Crippen molar-refractivity contribution in [3.8, 4) is 12.0 Å². The molecule has 1 aliphatic rings. The van der Waals surface area contributed by atoms with Gasteiger partial charge >= 0.3 is 0 Å². The van der Waals surface area contributed by atoms with Gasteiger partial charge < -0.3 is 9.64 Å². The van der Waals surface area contributed by atoms with Gasteiger partial charge in [-0.25, -0.2) is 0 Å². The number of ether oxygens (including phenoxy) is 1. The van der Waals surface area contributed by atoms with E-state index in [-0.39, 0.29) is 11.7 Å². The lowest BCUT2D eigenvalue weighted by molar-refractivity contribution is -0.116. The van der Waals surface area contributed by atoms with Crippen molar-refractivity contribution in [1.82, 2.24) is 4.90 Å². The van der Waals surface area contributed by atoms with E-state index in [1.54, 1.807) is 0 Å². The molecule has 13 heavy (non-hydrogen) atoms. The standard InChI is InChI=1S/C10H15NO2/c1-9(2)10(12)3-4-11-5-7-13-8-6-11/h9H,5-8H2,1-2H3. The Labute approximate surface area is 79.1 Å². The number of ketones is 1. The minimum absolute atomic E-state index is 0.00601. The highest BCUT2D eigenvalue weighted by Gasteiger charge is 2.07. The van der Waals surface area contributed by atoms with Gasteiger partial charge in [-0.1, -0.05) is 13.8 Å². The van der Waals surface area contributed by atoms with Crippen LogP contribution >= 0.6 is 0 Å². The van der Waals surface area contributed by atoms with E-state index in [4.69, 9.17) is 4.74 Å². The summed E-state index contributed by atoms with van der Waals surface area (Å²) in [5.74, 6) is 2.65. The smallest absolute Gasteiger partial charge is 0.209 e. The van der Waals surface area contributed by atoms with Crippen molar-refractivity contribution >= 4 is 5.78 Å². The molecular weight excluding hydrogens is 166 g/mol. The van der Waals surface area contributed by atoms with Crippen LogP contribution in [0.25, 0.3) is 0 Å². The van der Waals surface area contributed by atoms with Crippen molar-refractivity contribution in [3.05, 3.63) is 0 Å². The van der Waals surface area contributed by atoms with Crippen LogP contribution in [0.15, 0.2) is 0 Å². The van der Waals surface area contributed by atoms with Gasteiger partial charge in [0.05, 0.1) is 13.2 Å². The van der Waals surface area contributed by atoms with Crippen molar-refractivity contribution in [3.63, 3.8) is 0 Å². The third-order valence-electron chi connectivity index (χ3n) is 1.87. The highest BCUT2D eigenvalue weighted by Crippen LogP contribution is 1.95. The van der Waals surface area contributed by atoms with Crippen LogP contribution < -0.4 is 0 Å². The van der Waals surface area contributed by atoms with Gasteiger partial charge in [0.25, 0.3) is 0 Å². The lowest BCUT2D eigenvalue weighted by atomic mass is 10.1. The van der Waals surface area contributed by atoms with Crippen LogP contribution in [0.1, 0.15) is 13.8 Å². The van der Waals surface area contributed by atoms with E-state index in [0.717, 1.165) is 13.1 Å². The van der Waals surface area contributed by atoms with E-state index in [9.17, 15) is 4.79 Å². The van der Waals surface area contributed by atoms with Gasteiger partial charge in [-0.2, -0.15) is 0 Å². The van der Waals surface area contributed by atoms with Crippen LogP contribution in [0.2, 0.25) is 0 Å². The number of hydrogen-bond acceptors (Lipinski definition) is 3. The molecule has 1 aliphatic heterocycles. The molecule has 1 fully saturated rings. The molecule has 0 unspecified atom stereocenters. The molecule has 0 saturated carbocycles. The van der Waals surface area contributed by atoms with Crippen LogP contribution in [0, 0.1) is 17.9 Å². The van der Waals surface area contributed by atoms with Crippen LogP contribution in [0.3, 0.4) is 0 Å². The summed E-state index contributed by atoms with van der Waals surface area (Å²) in [7, 11) is 0. The Morgan fingerprint density at radius 2 is 2.00 bits per heavy atom. The third-order valence-corrected chi connectivity index (χ3v) is 1.87. The molecule has 1 rings (SSSR count). The zero-order chi connectivity index (χ0) is 9.68. The summed E-state index contributed by atoms with van der Waals surface area (Å²) >= 11 is 0. The zero-order valence-corrected chi connectivity index (χ0v) is 8.17. The summed E-state index contributed by atoms with van der Waals surface area (Å²) in [5.41, 5.74) is 0. The number of morpholine rings is 1. The lowest BCUT2D eigenvalue weighted by Gasteiger charge is -2.22. The fourth-order valence-electron chi connectivity index (χ4n) is 0.954. The van der Waals surface area contributed by atoms with Crippen molar-refractivity contribution in [2.24, 2.45) is 5.92 Å².